The van der Waals surface area contributed by atoms with E-state index >= 15 is 0 Å². The maximum absolute atomic E-state index is 3.93. The zero-order valence-corrected chi connectivity index (χ0v) is 11.7. The van der Waals surface area contributed by atoms with Crippen LogP contribution in [-0.2, 0) is 0 Å². The van der Waals surface area contributed by atoms with E-state index in [0.717, 1.165) is 11.4 Å². The molecule has 106 valence electrons. The van der Waals surface area contributed by atoms with Gasteiger partial charge in [-0.2, -0.15) is 0 Å². The topological polar surface area (TPSA) is 55.6 Å². The van der Waals surface area contributed by atoms with Gasteiger partial charge in [-0.05, 0) is 41.5 Å². The average Bonchev–Trinajstić information content (AvgIpc) is 2.96. The number of rotatable bonds is 3. The van der Waals surface area contributed by atoms with Crippen molar-refractivity contribution in [1.82, 2.24) is 20.2 Å². The maximum atomic E-state index is 3.93. The molecule has 0 amide bonds. The van der Waals surface area contributed by atoms with Gasteiger partial charge in [0.05, 0.1) is 5.69 Å². The standard InChI is InChI=1S/C15H21N5/c1-2-4-7-13(8-5-3-1)17-14-9-6-10-15(11-14)20-12-16-18-19-20/h6,9-13,17H,1-5,7-8H2. The van der Waals surface area contributed by atoms with Gasteiger partial charge in [0.15, 0.2) is 0 Å². The smallest absolute Gasteiger partial charge is 0.143 e. The van der Waals surface area contributed by atoms with Gasteiger partial charge >= 0.3 is 0 Å². The van der Waals surface area contributed by atoms with Gasteiger partial charge in [-0.15, -0.1) is 5.10 Å². The first-order chi connectivity index (χ1) is 9.92. The van der Waals surface area contributed by atoms with E-state index < -0.39 is 0 Å². The van der Waals surface area contributed by atoms with Gasteiger partial charge in [-0.1, -0.05) is 38.2 Å². The van der Waals surface area contributed by atoms with E-state index in [4.69, 9.17) is 0 Å². The summed E-state index contributed by atoms with van der Waals surface area (Å²) in [6.07, 6.45) is 11.0. The highest BCUT2D eigenvalue weighted by Crippen LogP contribution is 2.21. The van der Waals surface area contributed by atoms with Crippen molar-refractivity contribution < 1.29 is 0 Å². The molecular formula is C15H21N5. The van der Waals surface area contributed by atoms with Gasteiger partial charge in [0.25, 0.3) is 0 Å². The number of nitrogens with one attached hydrogen (secondary N) is 1. The van der Waals surface area contributed by atoms with Crippen LogP contribution in [0.4, 0.5) is 5.69 Å². The second-order valence-electron chi connectivity index (χ2n) is 5.49. The van der Waals surface area contributed by atoms with Crippen molar-refractivity contribution in [3.8, 4) is 5.69 Å². The normalized spacial score (nSPS) is 17.4. The molecule has 1 aliphatic rings. The fraction of sp³-hybridized carbons (Fsp3) is 0.533. The quantitative estimate of drug-likeness (QED) is 0.931. The molecule has 1 saturated carbocycles. The molecule has 0 spiro atoms. The monoisotopic (exact) mass is 271 g/mol. The van der Waals surface area contributed by atoms with Crippen LogP contribution < -0.4 is 5.32 Å². The zero-order chi connectivity index (χ0) is 13.6. The van der Waals surface area contributed by atoms with Gasteiger partial charge < -0.3 is 5.32 Å². The number of hydrogen-bond acceptors (Lipinski definition) is 4. The van der Waals surface area contributed by atoms with Crippen LogP contribution in [0.5, 0.6) is 0 Å². The summed E-state index contributed by atoms with van der Waals surface area (Å²) < 4.78 is 1.68. The van der Waals surface area contributed by atoms with Crippen LogP contribution in [0.25, 0.3) is 5.69 Å². The Labute approximate surface area is 119 Å². The number of nitrogens with zero attached hydrogens (tertiary/aromatic N) is 4. The highest BCUT2D eigenvalue weighted by molar-refractivity contribution is 5.51. The Morgan fingerprint density at radius 2 is 1.85 bits per heavy atom. The third-order valence-electron chi connectivity index (χ3n) is 3.94. The molecule has 1 aromatic carbocycles. The van der Waals surface area contributed by atoms with Crippen LogP contribution in [0.2, 0.25) is 0 Å². The molecule has 0 atom stereocenters. The molecule has 0 bridgehead atoms. The molecule has 5 nitrogen and oxygen atoms in total. The lowest BCUT2D eigenvalue weighted by atomic mass is 9.96. The van der Waals surface area contributed by atoms with Crippen molar-refractivity contribution >= 4 is 5.69 Å². The van der Waals surface area contributed by atoms with Crippen LogP contribution in [0.3, 0.4) is 0 Å². The molecule has 1 N–H and O–H groups in total. The summed E-state index contributed by atoms with van der Waals surface area (Å²) in [6.45, 7) is 0. The van der Waals surface area contributed by atoms with Crippen molar-refractivity contribution in [1.29, 1.82) is 0 Å². The molecule has 2 aromatic rings. The Morgan fingerprint density at radius 1 is 1.05 bits per heavy atom. The largest absolute Gasteiger partial charge is 0.382 e. The van der Waals surface area contributed by atoms with Gasteiger partial charge in [-0.25, -0.2) is 4.68 Å². The lowest BCUT2D eigenvalue weighted by Crippen LogP contribution is -2.20. The fourth-order valence-electron chi connectivity index (χ4n) is 2.85. The molecule has 1 heterocycles. The van der Waals surface area contributed by atoms with Crippen LogP contribution in [0.15, 0.2) is 30.6 Å². The Morgan fingerprint density at radius 3 is 2.60 bits per heavy atom. The van der Waals surface area contributed by atoms with E-state index in [0.29, 0.717) is 6.04 Å². The predicted octanol–water partition coefficient (Wildman–Crippen LogP) is 3.19. The summed E-state index contributed by atoms with van der Waals surface area (Å²) >= 11 is 0. The first-order valence-corrected chi connectivity index (χ1v) is 7.52. The van der Waals surface area contributed by atoms with Crippen LogP contribution >= 0.6 is 0 Å². The lowest BCUT2D eigenvalue weighted by molar-refractivity contribution is 0.471. The number of benzene rings is 1. The first-order valence-electron chi connectivity index (χ1n) is 7.52. The molecule has 1 fully saturated rings. The highest BCUT2D eigenvalue weighted by Gasteiger charge is 2.11. The van der Waals surface area contributed by atoms with E-state index in [2.05, 4.69) is 33.0 Å². The number of tetrazole rings is 1. The molecule has 1 aliphatic carbocycles. The second kappa shape index (κ2) is 6.50. The van der Waals surface area contributed by atoms with Crippen LogP contribution in [-0.4, -0.2) is 26.2 Å². The van der Waals surface area contributed by atoms with Crippen molar-refractivity contribution in [3.63, 3.8) is 0 Å². The molecule has 1 aromatic heterocycles. The van der Waals surface area contributed by atoms with Gasteiger partial charge in [0.1, 0.15) is 6.33 Å². The fourth-order valence-corrected chi connectivity index (χ4v) is 2.85. The summed E-state index contributed by atoms with van der Waals surface area (Å²) in [7, 11) is 0. The lowest BCUT2D eigenvalue weighted by Gasteiger charge is -2.22. The summed E-state index contributed by atoms with van der Waals surface area (Å²) in [5, 5.41) is 15.0. The Bertz CT molecular complexity index is 515. The molecule has 5 heteroatoms. The SMILES string of the molecule is c1cc(NC2CCCCCCC2)cc(-n2cnnn2)c1. The summed E-state index contributed by atoms with van der Waals surface area (Å²) in [5.74, 6) is 0. The van der Waals surface area contributed by atoms with Crippen molar-refractivity contribution in [3.05, 3.63) is 30.6 Å². The molecule has 0 aliphatic heterocycles. The zero-order valence-electron chi connectivity index (χ0n) is 11.7. The van der Waals surface area contributed by atoms with E-state index in [-0.39, 0.29) is 0 Å². The van der Waals surface area contributed by atoms with E-state index in [1.54, 1.807) is 11.0 Å². The third kappa shape index (κ3) is 3.35. The second-order valence-corrected chi connectivity index (χ2v) is 5.49. The van der Waals surface area contributed by atoms with Crippen LogP contribution in [0, 0.1) is 0 Å². The first kappa shape index (κ1) is 13.1. The third-order valence-corrected chi connectivity index (χ3v) is 3.94. The minimum absolute atomic E-state index is 0.597. The molecule has 20 heavy (non-hydrogen) atoms. The number of aromatic nitrogens is 4. The molecule has 0 unspecified atom stereocenters. The van der Waals surface area contributed by atoms with Gasteiger partial charge in [-0.3, -0.25) is 0 Å². The summed E-state index contributed by atoms with van der Waals surface area (Å²) in [4.78, 5) is 0. The maximum Gasteiger partial charge on any atom is 0.143 e. The number of hydrogen-bond donors (Lipinski definition) is 1. The Kier molecular flexibility index (Phi) is 4.25. The van der Waals surface area contributed by atoms with E-state index in [1.165, 1.54) is 44.9 Å². The Hall–Kier alpha value is -1.91. The van der Waals surface area contributed by atoms with Crippen molar-refractivity contribution in [2.24, 2.45) is 0 Å². The van der Waals surface area contributed by atoms with Crippen molar-refractivity contribution in [2.75, 3.05) is 5.32 Å². The van der Waals surface area contributed by atoms with E-state index in [9.17, 15) is 0 Å². The number of anilines is 1. The molecule has 0 radical (unpaired) electrons. The van der Waals surface area contributed by atoms with Gasteiger partial charge in [0, 0.05) is 11.7 Å². The average molecular weight is 271 g/mol. The minimum atomic E-state index is 0.597. The van der Waals surface area contributed by atoms with Crippen molar-refractivity contribution in [2.45, 2.75) is 51.0 Å². The Balaban J connectivity index is 1.69. The predicted molar refractivity (Wildman–Crippen MR) is 78.9 cm³/mol. The summed E-state index contributed by atoms with van der Waals surface area (Å²) in [6, 6.07) is 8.88. The minimum Gasteiger partial charge on any atom is -0.382 e. The molecule has 3 rings (SSSR count). The van der Waals surface area contributed by atoms with Gasteiger partial charge in [0.2, 0.25) is 0 Å². The summed E-state index contributed by atoms with van der Waals surface area (Å²) in [5.41, 5.74) is 2.15. The van der Waals surface area contributed by atoms with Crippen LogP contribution in [0.1, 0.15) is 44.9 Å². The molecule has 0 saturated heterocycles. The highest BCUT2D eigenvalue weighted by atomic mass is 15.5. The molecular weight excluding hydrogens is 250 g/mol. The van der Waals surface area contributed by atoms with E-state index in [1.807, 2.05) is 12.1 Å².